The molecule has 144 valence electrons. The van der Waals surface area contributed by atoms with Crippen LogP contribution in [0.2, 0.25) is 0 Å². The summed E-state index contributed by atoms with van der Waals surface area (Å²) in [6.07, 6.45) is 1.30. The minimum atomic E-state index is -0.891. The second-order valence-electron chi connectivity index (χ2n) is 5.58. The molecule has 0 bridgehead atoms. The van der Waals surface area contributed by atoms with Gasteiger partial charge in [0.2, 0.25) is 0 Å². The fourth-order valence-electron chi connectivity index (χ4n) is 2.30. The van der Waals surface area contributed by atoms with Crippen LogP contribution in [-0.4, -0.2) is 33.3 Å². The van der Waals surface area contributed by atoms with Crippen LogP contribution in [-0.2, 0) is 22.0 Å². The van der Waals surface area contributed by atoms with Gasteiger partial charge in [-0.25, -0.2) is 9.97 Å². The third kappa shape index (κ3) is 6.05. The Morgan fingerprint density at radius 3 is 2.37 bits per heavy atom. The second-order valence-corrected chi connectivity index (χ2v) is 9.39. The van der Waals surface area contributed by atoms with Crippen molar-refractivity contribution in [3.63, 3.8) is 0 Å². The third-order valence-corrected chi connectivity index (χ3v) is 6.90. The summed E-state index contributed by atoms with van der Waals surface area (Å²) in [5.41, 5.74) is 3.06. The highest BCUT2D eigenvalue weighted by Crippen LogP contribution is 2.31. The van der Waals surface area contributed by atoms with E-state index in [1.54, 1.807) is 22.7 Å². The Balaban J connectivity index is 0.000000194. The van der Waals surface area contributed by atoms with E-state index < -0.39 is 10.8 Å². The lowest BCUT2D eigenvalue weighted by Gasteiger charge is -1.99. The molecule has 0 aliphatic carbocycles. The van der Waals surface area contributed by atoms with Gasteiger partial charge in [-0.15, -0.1) is 22.7 Å². The normalized spacial score (nSPS) is 11.4. The van der Waals surface area contributed by atoms with Gasteiger partial charge in [0.1, 0.15) is 6.29 Å². The molecule has 0 radical (unpaired) electrons. The molecular formula is C19H23N3O2S3. The lowest BCUT2D eigenvalue weighted by molar-refractivity contribution is -0.107. The quantitative estimate of drug-likeness (QED) is 0.594. The van der Waals surface area contributed by atoms with Crippen molar-refractivity contribution in [1.29, 1.82) is 0 Å². The van der Waals surface area contributed by atoms with Crippen molar-refractivity contribution in [3.8, 4) is 10.6 Å². The Morgan fingerprint density at radius 1 is 1.19 bits per heavy atom. The molecule has 0 amide bonds. The van der Waals surface area contributed by atoms with Crippen LogP contribution in [0.4, 0.5) is 5.13 Å². The standard InChI is InChI=1S/C10H12O2S.C9H11N3S2/c1-2-13(12)10-5-3-9(4-6-10)7-8-11;1-5-8(14-6(2)11-5)7-4-13-9(10-3)12-7/h3-6,8H,2,7H2,1H3;4H,1-3H3,(H,10,12). The first kappa shape index (κ1) is 21.4. The zero-order chi connectivity index (χ0) is 19.8. The van der Waals surface area contributed by atoms with E-state index in [2.05, 4.69) is 20.7 Å². The molecule has 0 fully saturated rings. The minimum absolute atomic E-state index is 0.430. The number of nitrogens with zero attached hydrogens (tertiary/aromatic N) is 2. The third-order valence-electron chi connectivity index (χ3n) is 3.62. The van der Waals surface area contributed by atoms with Crippen LogP contribution < -0.4 is 5.32 Å². The SMILES string of the molecule is CCS(=O)c1ccc(CC=O)cc1.CNc1nc(-c2sc(C)nc2C)cs1. The van der Waals surface area contributed by atoms with Gasteiger partial charge in [0.05, 0.1) is 32.1 Å². The zero-order valence-electron chi connectivity index (χ0n) is 15.8. The second kappa shape index (κ2) is 10.4. The van der Waals surface area contributed by atoms with E-state index in [-0.39, 0.29) is 0 Å². The number of carbonyl (C=O) groups excluding carboxylic acids is 1. The molecule has 0 saturated heterocycles. The maximum Gasteiger partial charge on any atom is 0.182 e. The molecule has 2 heterocycles. The number of aromatic nitrogens is 2. The number of anilines is 1. The lowest BCUT2D eigenvalue weighted by atomic mass is 10.2. The molecule has 1 aromatic carbocycles. The molecule has 0 aliphatic heterocycles. The van der Waals surface area contributed by atoms with Gasteiger partial charge in [-0.3, -0.25) is 4.21 Å². The predicted molar refractivity (Wildman–Crippen MR) is 115 cm³/mol. The van der Waals surface area contributed by atoms with Crippen molar-refractivity contribution >= 4 is 44.9 Å². The number of hydrogen-bond acceptors (Lipinski definition) is 7. The van der Waals surface area contributed by atoms with Crippen molar-refractivity contribution in [2.45, 2.75) is 32.1 Å². The van der Waals surface area contributed by atoms with E-state index in [9.17, 15) is 9.00 Å². The molecular weight excluding hydrogens is 398 g/mol. The van der Waals surface area contributed by atoms with Crippen molar-refractivity contribution in [2.24, 2.45) is 0 Å². The Hall–Kier alpha value is -1.90. The highest BCUT2D eigenvalue weighted by atomic mass is 32.2. The van der Waals surface area contributed by atoms with E-state index in [4.69, 9.17) is 0 Å². The van der Waals surface area contributed by atoms with Gasteiger partial charge in [0.25, 0.3) is 0 Å². The number of hydrogen-bond donors (Lipinski definition) is 1. The summed E-state index contributed by atoms with van der Waals surface area (Å²) in [7, 11) is 0.991. The van der Waals surface area contributed by atoms with Crippen LogP contribution in [0.5, 0.6) is 0 Å². The van der Waals surface area contributed by atoms with Gasteiger partial charge >= 0.3 is 0 Å². The minimum Gasteiger partial charge on any atom is -0.365 e. The number of thiazole rings is 2. The topological polar surface area (TPSA) is 72.0 Å². The number of aryl methyl sites for hydroxylation is 2. The lowest BCUT2D eigenvalue weighted by Crippen LogP contribution is -1.94. The summed E-state index contributed by atoms with van der Waals surface area (Å²) in [6.45, 7) is 5.93. The molecule has 1 N–H and O–H groups in total. The summed E-state index contributed by atoms with van der Waals surface area (Å²) in [4.78, 5) is 21.0. The van der Waals surface area contributed by atoms with Crippen LogP contribution >= 0.6 is 22.7 Å². The van der Waals surface area contributed by atoms with Crippen LogP contribution in [0.3, 0.4) is 0 Å². The van der Waals surface area contributed by atoms with E-state index in [1.165, 1.54) is 4.88 Å². The molecule has 3 rings (SSSR count). The zero-order valence-corrected chi connectivity index (χ0v) is 18.3. The van der Waals surface area contributed by atoms with Gasteiger partial charge in [-0.1, -0.05) is 19.1 Å². The van der Waals surface area contributed by atoms with E-state index in [0.717, 1.165) is 38.3 Å². The Labute approximate surface area is 170 Å². The fraction of sp³-hybridized carbons (Fsp3) is 0.316. The molecule has 27 heavy (non-hydrogen) atoms. The highest BCUT2D eigenvalue weighted by molar-refractivity contribution is 7.85. The van der Waals surface area contributed by atoms with Gasteiger partial charge in [-0.2, -0.15) is 0 Å². The molecule has 5 nitrogen and oxygen atoms in total. The summed E-state index contributed by atoms with van der Waals surface area (Å²) >= 11 is 3.32. The molecule has 3 aromatic rings. The maximum absolute atomic E-state index is 11.3. The van der Waals surface area contributed by atoms with Crippen molar-refractivity contribution < 1.29 is 9.00 Å². The van der Waals surface area contributed by atoms with Crippen LogP contribution in [0.1, 0.15) is 23.2 Å². The first-order valence-electron chi connectivity index (χ1n) is 8.47. The van der Waals surface area contributed by atoms with Crippen molar-refractivity contribution in [1.82, 2.24) is 9.97 Å². The smallest absolute Gasteiger partial charge is 0.182 e. The Bertz CT molecular complexity index is 901. The van der Waals surface area contributed by atoms with E-state index in [1.807, 2.05) is 52.1 Å². The molecule has 0 aliphatic rings. The predicted octanol–water partition coefficient (Wildman–Crippen LogP) is 4.48. The molecule has 2 aromatic heterocycles. The summed E-state index contributed by atoms with van der Waals surface area (Å²) in [5, 5.41) is 7.14. The highest BCUT2D eigenvalue weighted by Gasteiger charge is 2.10. The van der Waals surface area contributed by atoms with Crippen LogP contribution in [0, 0.1) is 13.8 Å². The van der Waals surface area contributed by atoms with Crippen molar-refractivity contribution in [3.05, 3.63) is 45.9 Å². The average molecular weight is 422 g/mol. The van der Waals surface area contributed by atoms with E-state index in [0.29, 0.717) is 12.2 Å². The molecule has 1 atom stereocenters. The maximum atomic E-state index is 11.3. The number of rotatable bonds is 6. The first-order chi connectivity index (χ1) is 13.0. The summed E-state index contributed by atoms with van der Waals surface area (Å²) in [6, 6.07) is 7.32. The van der Waals surface area contributed by atoms with E-state index >= 15 is 0 Å². The summed E-state index contributed by atoms with van der Waals surface area (Å²) in [5.74, 6) is 0.632. The fourth-order valence-corrected chi connectivity index (χ4v) is 4.69. The first-order valence-corrected chi connectivity index (χ1v) is 11.5. The average Bonchev–Trinajstić information content (AvgIpc) is 3.28. The number of nitrogens with one attached hydrogen (secondary N) is 1. The number of aldehydes is 1. The van der Waals surface area contributed by atoms with Gasteiger partial charge in [0.15, 0.2) is 5.13 Å². The monoisotopic (exact) mass is 421 g/mol. The van der Waals surface area contributed by atoms with Crippen LogP contribution in [0.25, 0.3) is 10.6 Å². The molecule has 1 unspecified atom stereocenters. The number of carbonyl (C=O) groups is 1. The Kier molecular flexibility index (Phi) is 8.27. The Morgan fingerprint density at radius 2 is 1.89 bits per heavy atom. The molecule has 0 spiro atoms. The van der Waals surface area contributed by atoms with Gasteiger partial charge < -0.3 is 10.1 Å². The van der Waals surface area contributed by atoms with Crippen molar-refractivity contribution in [2.75, 3.05) is 18.1 Å². The number of benzene rings is 1. The van der Waals surface area contributed by atoms with Gasteiger partial charge in [-0.05, 0) is 31.5 Å². The molecule has 8 heteroatoms. The largest absolute Gasteiger partial charge is 0.365 e. The van der Waals surface area contributed by atoms with Crippen LogP contribution in [0.15, 0.2) is 34.5 Å². The molecule has 0 saturated carbocycles. The summed E-state index contributed by atoms with van der Waals surface area (Å²) < 4.78 is 11.3. The van der Waals surface area contributed by atoms with Gasteiger partial charge in [0, 0.05) is 29.5 Å².